The van der Waals surface area contributed by atoms with Crippen LogP contribution in [0.5, 0.6) is 0 Å². The molecular weight excluding hydrogens is 280 g/mol. The van der Waals surface area contributed by atoms with Crippen LogP contribution in [0.25, 0.3) is 0 Å². The van der Waals surface area contributed by atoms with Crippen LogP contribution >= 0.6 is 11.3 Å². The van der Waals surface area contributed by atoms with Gasteiger partial charge in [-0.1, -0.05) is 30.7 Å². The van der Waals surface area contributed by atoms with E-state index in [0.29, 0.717) is 6.54 Å². The molecule has 2 amide bonds. The minimum Gasteiger partial charge on any atom is -0.319 e. The van der Waals surface area contributed by atoms with E-state index in [9.17, 15) is 4.79 Å². The molecular formula is C17H22N2OS. The van der Waals surface area contributed by atoms with Crippen molar-refractivity contribution in [2.45, 2.75) is 33.7 Å². The van der Waals surface area contributed by atoms with E-state index in [1.807, 2.05) is 35.4 Å². The highest BCUT2D eigenvalue weighted by molar-refractivity contribution is 7.09. The number of aryl methyl sites for hydroxylation is 2. The van der Waals surface area contributed by atoms with Gasteiger partial charge in [0.05, 0.1) is 6.54 Å². The molecule has 3 nitrogen and oxygen atoms in total. The number of anilines is 1. The topological polar surface area (TPSA) is 32.3 Å². The van der Waals surface area contributed by atoms with Gasteiger partial charge in [0.15, 0.2) is 0 Å². The molecule has 0 spiro atoms. The van der Waals surface area contributed by atoms with E-state index >= 15 is 0 Å². The molecule has 1 aromatic heterocycles. The zero-order valence-electron chi connectivity index (χ0n) is 12.8. The number of benzene rings is 1. The molecule has 0 fully saturated rings. The lowest BCUT2D eigenvalue weighted by atomic mass is 10.1. The average molecular weight is 302 g/mol. The Labute approximate surface area is 130 Å². The quantitative estimate of drug-likeness (QED) is 0.844. The first-order valence-corrected chi connectivity index (χ1v) is 8.13. The summed E-state index contributed by atoms with van der Waals surface area (Å²) >= 11 is 1.68. The lowest BCUT2D eigenvalue weighted by Gasteiger charge is -2.22. The van der Waals surface area contributed by atoms with Crippen molar-refractivity contribution in [3.05, 3.63) is 51.7 Å². The molecule has 2 aromatic rings. The molecule has 1 N–H and O–H groups in total. The van der Waals surface area contributed by atoms with Crippen LogP contribution in [-0.4, -0.2) is 17.5 Å². The van der Waals surface area contributed by atoms with Crippen LogP contribution in [0.4, 0.5) is 10.5 Å². The Kier molecular flexibility index (Phi) is 5.39. The van der Waals surface area contributed by atoms with Crippen LogP contribution in [0.3, 0.4) is 0 Å². The van der Waals surface area contributed by atoms with Crippen molar-refractivity contribution in [3.8, 4) is 0 Å². The van der Waals surface area contributed by atoms with Gasteiger partial charge in [-0.05, 0) is 43.3 Å². The zero-order chi connectivity index (χ0) is 15.2. The molecule has 0 unspecified atom stereocenters. The van der Waals surface area contributed by atoms with Crippen LogP contribution in [0, 0.1) is 13.8 Å². The van der Waals surface area contributed by atoms with E-state index in [2.05, 4.69) is 31.3 Å². The number of hydrogen-bond donors (Lipinski definition) is 1. The highest BCUT2D eigenvalue weighted by atomic mass is 32.1. The van der Waals surface area contributed by atoms with Crippen molar-refractivity contribution < 1.29 is 4.79 Å². The van der Waals surface area contributed by atoms with E-state index in [0.717, 1.165) is 24.2 Å². The molecule has 0 aliphatic carbocycles. The lowest BCUT2D eigenvalue weighted by molar-refractivity contribution is 0.209. The van der Waals surface area contributed by atoms with Crippen molar-refractivity contribution in [1.82, 2.24) is 4.90 Å². The Bertz CT molecular complexity index is 593. The third-order valence-electron chi connectivity index (χ3n) is 3.33. The Morgan fingerprint density at radius 2 is 2.10 bits per heavy atom. The number of nitrogens with one attached hydrogen (secondary N) is 1. The minimum absolute atomic E-state index is 0.0304. The Hall–Kier alpha value is -1.81. The van der Waals surface area contributed by atoms with E-state index in [1.54, 1.807) is 11.3 Å². The van der Waals surface area contributed by atoms with Crippen molar-refractivity contribution in [3.63, 3.8) is 0 Å². The number of nitrogens with zero attached hydrogens (tertiary/aromatic N) is 1. The molecule has 0 radical (unpaired) electrons. The van der Waals surface area contributed by atoms with Crippen LogP contribution in [0.15, 0.2) is 35.7 Å². The maximum atomic E-state index is 12.5. The molecule has 1 aromatic carbocycles. The summed E-state index contributed by atoms with van der Waals surface area (Å²) in [6, 6.07) is 10.1. The summed E-state index contributed by atoms with van der Waals surface area (Å²) in [5.41, 5.74) is 3.18. The number of hydrogen-bond acceptors (Lipinski definition) is 2. The van der Waals surface area contributed by atoms with E-state index in [-0.39, 0.29) is 6.03 Å². The standard InChI is InChI=1S/C17H22N2OS/c1-4-9-19(12-15-6-5-10-21-15)17(20)18-16-8-7-13(2)11-14(16)3/h5-8,10-11H,4,9,12H2,1-3H3,(H,18,20). The zero-order valence-corrected chi connectivity index (χ0v) is 13.7. The van der Waals surface area contributed by atoms with Gasteiger partial charge in [-0.2, -0.15) is 0 Å². The monoisotopic (exact) mass is 302 g/mol. The predicted molar refractivity (Wildman–Crippen MR) is 90.0 cm³/mol. The first-order valence-electron chi connectivity index (χ1n) is 7.25. The van der Waals surface area contributed by atoms with Crippen LogP contribution in [0.1, 0.15) is 29.3 Å². The number of thiophene rings is 1. The largest absolute Gasteiger partial charge is 0.322 e. The third kappa shape index (κ3) is 4.33. The number of carbonyl (C=O) groups excluding carboxylic acids is 1. The van der Waals surface area contributed by atoms with E-state index in [4.69, 9.17) is 0 Å². The highest BCUT2D eigenvalue weighted by Crippen LogP contribution is 2.18. The maximum Gasteiger partial charge on any atom is 0.322 e. The molecule has 4 heteroatoms. The van der Waals surface area contributed by atoms with Gasteiger partial charge in [-0.3, -0.25) is 0 Å². The summed E-state index contributed by atoms with van der Waals surface area (Å²) in [5, 5.41) is 5.07. The molecule has 0 saturated heterocycles. The summed E-state index contributed by atoms with van der Waals surface area (Å²) in [6.45, 7) is 7.59. The minimum atomic E-state index is -0.0304. The number of carbonyl (C=O) groups is 1. The van der Waals surface area contributed by atoms with Gasteiger partial charge in [-0.25, -0.2) is 4.79 Å². The summed E-state index contributed by atoms with van der Waals surface area (Å²) < 4.78 is 0. The van der Waals surface area contributed by atoms with Gasteiger partial charge in [0.1, 0.15) is 0 Å². The van der Waals surface area contributed by atoms with Gasteiger partial charge in [0.25, 0.3) is 0 Å². The molecule has 0 atom stereocenters. The third-order valence-corrected chi connectivity index (χ3v) is 4.19. The molecule has 0 saturated carbocycles. The molecule has 0 bridgehead atoms. The molecule has 112 valence electrons. The summed E-state index contributed by atoms with van der Waals surface area (Å²) in [6.07, 6.45) is 0.950. The second-order valence-electron chi connectivity index (χ2n) is 5.25. The maximum absolute atomic E-state index is 12.5. The smallest absolute Gasteiger partial charge is 0.319 e. The van der Waals surface area contributed by atoms with E-state index in [1.165, 1.54) is 10.4 Å². The van der Waals surface area contributed by atoms with Gasteiger partial charge >= 0.3 is 6.03 Å². The van der Waals surface area contributed by atoms with Crippen molar-refractivity contribution in [2.75, 3.05) is 11.9 Å². The molecule has 0 aliphatic rings. The fraction of sp³-hybridized carbons (Fsp3) is 0.353. The molecule has 0 aliphatic heterocycles. The normalized spacial score (nSPS) is 10.4. The van der Waals surface area contributed by atoms with Gasteiger partial charge in [-0.15, -0.1) is 11.3 Å². The number of rotatable bonds is 5. The first kappa shape index (κ1) is 15.6. The fourth-order valence-corrected chi connectivity index (χ4v) is 2.98. The fourth-order valence-electron chi connectivity index (χ4n) is 2.26. The number of urea groups is 1. The summed E-state index contributed by atoms with van der Waals surface area (Å²) in [7, 11) is 0. The molecule has 21 heavy (non-hydrogen) atoms. The molecule has 2 rings (SSSR count). The van der Waals surface area contributed by atoms with E-state index < -0.39 is 0 Å². The van der Waals surface area contributed by atoms with Crippen molar-refractivity contribution in [2.24, 2.45) is 0 Å². The summed E-state index contributed by atoms with van der Waals surface area (Å²) in [4.78, 5) is 15.6. The number of amides is 2. The summed E-state index contributed by atoms with van der Waals surface area (Å²) in [5.74, 6) is 0. The average Bonchev–Trinajstić information content (AvgIpc) is 2.94. The van der Waals surface area contributed by atoms with Crippen LogP contribution in [0.2, 0.25) is 0 Å². The van der Waals surface area contributed by atoms with Crippen LogP contribution < -0.4 is 5.32 Å². The van der Waals surface area contributed by atoms with Crippen molar-refractivity contribution in [1.29, 1.82) is 0 Å². The highest BCUT2D eigenvalue weighted by Gasteiger charge is 2.14. The Morgan fingerprint density at radius 1 is 1.29 bits per heavy atom. The second-order valence-corrected chi connectivity index (χ2v) is 6.28. The Balaban J connectivity index is 2.07. The SMILES string of the molecule is CCCN(Cc1cccs1)C(=O)Nc1ccc(C)cc1C. The molecule has 1 heterocycles. The van der Waals surface area contributed by atoms with Crippen molar-refractivity contribution >= 4 is 23.1 Å². The predicted octanol–water partition coefficient (Wildman–Crippen LogP) is 4.81. The lowest BCUT2D eigenvalue weighted by Crippen LogP contribution is -2.35. The Morgan fingerprint density at radius 3 is 2.71 bits per heavy atom. The van der Waals surface area contributed by atoms with Crippen LogP contribution in [-0.2, 0) is 6.54 Å². The van der Waals surface area contributed by atoms with Gasteiger partial charge in [0.2, 0.25) is 0 Å². The second kappa shape index (κ2) is 7.27. The first-order chi connectivity index (χ1) is 10.1. The van der Waals surface area contributed by atoms with Gasteiger partial charge < -0.3 is 10.2 Å². The van der Waals surface area contributed by atoms with Gasteiger partial charge in [0, 0.05) is 17.1 Å².